The molecule has 1 heterocycles. The van der Waals surface area contributed by atoms with Crippen LogP contribution in [0.25, 0.3) is 0 Å². The van der Waals surface area contributed by atoms with Crippen LogP contribution in [0.15, 0.2) is 30.2 Å². The van der Waals surface area contributed by atoms with Gasteiger partial charge in [-0.15, -0.1) is 0 Å². The van der Waals surface area contributed by atoms with E-state index in [1.807, 2.05) is 0 Å². The fourth-order valence-corrected chi connectivity index (χ4v) is 1.47. The van der Waals surface area contributed by atoms with Crippen molar-refractivity contribution in [3.8, 4) is 0 Å². The molecule has 4 heteroatoms. The molecule has 0 fully saturated rings. The van der Waals surface area contributed by atoms with Crippen molar-refractivity contribution in [2.75, 3.05) is 0 Å². The molecule has 0 spiro atoms. The summed E-state index contributed by atoms with van der Waals surface area (Å²) in [5.41, 5.74) is 0.397. The van der Waals surface area contributed by atoms with Crippen molar-refractivity contribution in [3.63, 3.8) is 0 Å². The number of carbonyl (C=O) groups excluding carboxylic acids is 2. The number of aromatic nitrogens is 1. The first-order valence-corrected chi connectivity index (χ1v) is 4.84. The molecule has 4 nitrogen and oxygen atoms in total. The molecular formula is C11H11NO3. The van der Waals surface area contributed by atoms with Gasteiger partial charge in [0.1, 0.15) is 11.5 Å². The number of hydrogen-bond donors (Lipinski definition) is 1. The van der Waals surface area contributed by atoms with Gasteiger partial charge in [0.2, 0.25) is 0 Å². The summed E-state index contributed by atoms with van der Waals surface area (Å²) < 4.78 is 5.08. The quantitative estimate of drug-likeness (QED) is 0.749. The van der Waals surface area contributed by atoms with E-state index in [1.165, 1.54) is 6.08 Å². The number of hydrogen-bond acceptors (Lipinski definition) is 3. The molecule has 1 aromatic rings. The van der Waals surface area contributed by atoms with E-state index in [-0.39, 0.29) is 5.78 Å². The smallest absolute Gasteiger partial charge is 0.359 e. The number of ether oxygens (including phenoxy) is 1. The average Bonchev–Trinajstić information content (AvgIpc) is 2.70. The van der Waals surface area contributed by atoms with Crippen molar-refractivity contribution in [1.29, 1.82) is 0 Å². The third-order valence-corrected chi connectivity index (χ3v) is 2.21. The van der Waals surface area contributed by atoms with E-state index in [9.17, 15) is 9.59 Å². The lowest BCUT2D eigenvalue weighted by atomic mass is 10.1. The molecule has 0 bridgehead atoms. The highest BCUT2D eigenvalue weighted by atomic mass is 16.5. The first-order valence-electron chi connectivity index (χ1n) is 4.84. The van der Waals surface area contributed by atoms with Crippen molar-refractivity contribution in [2.45, 2.75) is 19.3 Å². The lowest BCUT2D eigenvalue weighted by Gasteiger charge is -2.11. The molecule has 0 amide bonds. The summed E-state index contributed by atoms with van der Waals surface area (Å²) in [6.07, 6.45) is 5.01. The minimum Gasteiger partial charge on any atom is -0.426 e. The standard InChI is InChI=1S/C11H11NO3/c13-8-3-1-4-9(7-8)15-11(14)10-5-2-6-12-10/h2,5-7,12H,1,3-4H2. The van der Waals surface area contributed by atoms with Crippen molar-refractivity contribution >= 4 is 11.8 Å². The summed E-state index contributed by atoms with van der Waals surface area (Å²) in [6, 6.07) is 3.35. The van der Waals surface area contributed by atoms with Gasteiger partial charge in [-0.25, -0.2) is 4.79 Å². The predicted molar refractivity (Wildman–Crippen MR) is 53.1 cm³/mol. The van der Waals surface area contributed by atoms with E-state index in [0.717, 1.165) is 6.42 Å². The number of aromatic amines is 1. The molecule has 1 aliphatic carbocycles. The highest BCUT2D eigenvalue weighted by Crippen LogP contribution is 2.17. The van der Waals surface area contributed by atoms with Gasteiger partial charge in [-0.05, 0) is 18.6 Å². The van der Waals surface area contributed by atoms with Crippen LogP contribution in [0.2, 0.25) is 0 Å². The van der Waals surface area contributed by atoms with Gasteiger partial charge in [0.05, 0.1) is 0 Å². The molecule has 0 aromatic carbocycles. The lowest BCUT2D eigenvalue weighted by Crippen LogP contribution is -2.10. The van der Waals surface area contributed by atoms with E-state index in [4.69, 9.17) is 4.74 Å². The number of carbonyl (C=O) groups is 2. The van der Waals surface area contributed by atoms with Gasteiger partial charge in [0, 0.05) is 25.1 Å². The highest BCUT2D eigenvalue weighted by molar-refractivity contribution is 5.92. The average molecular weight is 205 g/mol. The van der Waals surface area contributed by atoms with E-state index < -0.39 is 5.97 Å². The molecule has 2 rings (SSSR count). The number of rotatable bonds is 2. The maximum Gasteiger partial charge on any atom is 0.359 e. The Bertz CT molecular complexity index is 403. The topological polar surface area (TPSA) is 59.2 Å². The number of esters is 1. The maximum atomic E-state index is 11.5. The number of nitrogens with one attached hydrogen (secondary N) is 1. The molecule has 1 aliphatic rings. The number of allylic oxidation sites excluding steroid dienone is 2. The molecular weight excluding hydrogens is 194 g/mol. The summed E-state index contributed by atoms with van der Waals surface area (Å²) in [5.74, 6) is 0.0438. The van der Waals surface area contributed by atoms with Crippen LogP contribution >= 0.6 is 0 Å². The molecule has 78 valence electrons. The molecule has 1 N–H and O–H groups in total. The maximum absolute atomic E-state index is 11.5. The van der Waals surface area contributed by atoms with Gasteiger partial charge in [-0.1, -0.05) is 0 Å². The van der Waals surface area contributed by atoms with Crippen LogP contribution in [-0.2, 0) is 9.53 Å². The monoisotopic (exact) mass is 205 g/mol. The third kappa shape index (κ3) is 2.34. The van der Waals surface area contributed by atoms with Gasteiger partial charge in [0.25, 0.3) is 0 Å². The Hall–Kier alpha value is -1.84. The summed E-state index contributed by atoms with van der Waals surface area (Å²) >= 11 is 0. The Morgan fingerprint density at radius 1 is 1.40 bits per heavy atom. The summed E-state index contributed by atoms with van der Waals surface area (Å²) in [7, 11) is 0. The molecule has 1 aromatic heterocycles. The summed E-state index contributed by atoms with van der Waals surface area (Å²) in [4.78, 5) is 25.3. The molecule has 0 radical (unpaired) electrons. The molecule has 0 aliphatic heterocycles. The van der Waals surface area contributed by atoms with E-state index in [1.54, 1.807) is 18.3 Å². The lowest BCUT2D eigenvalue weighted by molar-refractivity contribution is -0.115. The second kappa shape index (κ2) is 4.13. The largest absolute Gasteiger partial charge is 0.426 e. The number of ketones is 1. The Morgan fingerprint density at radius 2 is 2.27 bits per heavy atom. The zero-order valence-corrected chi connectivity index (χ0v) is 8.16. The Balaban J connectivity index is 2.03. The summed E-state index contributed by atoms with van der Waals surface area (Å²) in [6.45, 7) is 0. The van der Waals surface area contributed by atoms with Crippen LogP contribution in [-0.4, -0.2) is 16.7 Å². The molecule has 0 atom stereocenters. The van der Waals surface area contributed by atoms with E-state index in [0.29, 0.717) is 24.3 Å². The highest BCUT2D eigenvalue weighted by Gasteiger charge is 2.15. The van der Waals surface area contributed by atoms with Crippen LogP contribution in [0.5, 0.6) is 0 Å². The molecule has 15 heavy (non-hydrogen) atoms. The Labute approximate surface area is 86.9 Å². The van der Waals surface area contributed by atoms with Crippen LogP contribution in [0.4, 0.5) is 0 Å². The number of H-pyrrole nitrogens is 1. The van der Waals surface area contributed by atoms with Crippen molar-refractivity contribution in [1.82, 2.24) is 4.98 Å². The normalized spacial score (nSPS) is 16.0. The van der Waals surface area contributed by atoms with Crippen LogP contribution < -0.4 is 0 Å². The SMILES string of the molecule is O=C1C=C(OC(=O)c2ccc[nH]2)CCC1. The molecule has 0 saturated heterocycles. The minimum atomic E-state index is -0.444. The van der Waals surface area contributed by atoms with Gasteiger partial charge >= 0.3 is 5.97 Å². The van der Waals surface area contributed by atoms with Crippen molar-refractivity contribution in [3.05, 3.63) is 35.9 Å². The fraction of sp³-hybridized carbons (Fsp3) is 0.273. The second-order valence-corrected chi connectivity index (χ2v) is 3.40. The second-order valence-electron chi connectivity index (χ2n) is 3.40. The van der Waals surface area contributed by atoms with Gasteiger partial charge in [0.15, 0.2) is 5.78 Å². The van der Waals surface area contributed by atoms with Crippen LogP contribution in [0.1, 0.15) is 29.8 Å². The third-order valence-electron chi connectivity index (χ3n) is 2.21. The Morgan fingerprint density at radius 3 is 2.93 bits per heavy atom. The van der Waals surface area contributed by atoms with Crippen LogP contribution in [0, 0.1) is 0 Å². The van der Waals surface area contributed by atoms with Crippen molar-refractivity contribution in [2.24, 2.45) is 0 Å². The Kier molecular flexibility index (Phi) is 2.67. The first kappa shape index (κ1) is 9.71. The molecule has 0 unspecified atom stereocenters. The first-order chi connectivity index (χ1) is 7.25. The van der Waals surface area contributed by atoms with Gasteiger partial charge in [-0.2, -0.15) is 0 Å². The fourth-order valence-electron chi connectivity index (χ4n) is 1.47. The zero-order valence-electron chi connectivity index (χ0n) is 8.16. The van der Waals surface area contributed by atoms with Gasteiger partial charge in [-0.3, -0.25) is 4.79 Å². The minimum absolute atomic E-state index is 0.0236. The zero-order chi connectivity index (χ0) is 10.7. The predicted octanol–water partition coefficient (Wildman–Crippen LogP) is 1.81. The van der Waals surface area contributed by atoms with E-state index >= 15 is 0 Å². The van der Waals surface area contributed by atoms with Gasteiger partial charge < -0.3 is 9.72 Å². The molecule has 0 saturated carbocycles. The van der Waals surface area contributed by atoms with Crippen LogP contribution in [0.3, 0.4) is 0 Å². The summed E-state index contributed by atoms with van der Waals surface area (Å²) in [5, 5.41) is 0. The van der Waals surface area contributed by atoms with E-state index in [2.05, 4.69) is 4.98 Å². The van der Waals surface area contributed by atoms with Crippen molar-refractivity contribution < 1.29 is 14.3 Å².